The number of aliphatic imine (C=N–C) groups is 1. The summed E-state index contributed by atoms with van der Waals surface area (Å²) < 4.78 is 0. The molecule has 1 heterocycles. The highest BCUT2D eigenvalue weighted by molar-refractivity contribution is 5.79. The van der Waals surface area contributed by atoms with E-state index in [1.165, 1.54) is 19.4 Å². The second-order valence-corrected chi connectivity index (χ2v) is 5.38. The molecule has 5 heteroatoms. The van der Waals surface area contributed by atoms with Crippen molar-refractivity contribution in [3.8, 4) is 0 Å². The summed E-state index contributed by atoms with van der Waals surface area (Å²) in [5.74, 6) is 7.42. The third-order valence-corrected chi connectivity index (χ3v) is 3.03. The van der Waals surface area contributed by atoms with Crippen LogP contribution in [0, 0.1) is 11.8 Å². The first kappa shape index (κ1) is 14.3. The van der Waals surface area contributed by atoms with E-state index in [1.54, 1.807) is 0 Å². The van der Waals surface area contributed by atoms with E-state index >= 15 is 0 Å². The van der Waals surface area contributed by atoms with Crippen molar-refractivity contribution in [3.05, 3.63) is 0 Å². The van der Waals surface area contributed by atoms with Crippen molar-refractivity contribution in [3.63, 3.8) is 0 Å². The zero-order valence-corrected chi connectivity index (χ0v) is 11.4. The SMILES string of the molecule is CC(C)CN=C(NN)NCC1CCCN(C)C1. The highest BCUT2D eigenvalue weighted by Gasteiger charge is 2.16. The molecule has 0 aromatic carbocycles. The molecule has 0 spiro atoms. The Bertz CT molecular complexity index is 239. The lowest BCUT2D eigenvalue weighted by Crippen LogP contribution is -2.46. The molecule has 100 valence electrons. The molecule has 0 bridgehead atoms. The second kappa shape index (κ2) is 7.50. The van der Waals surface area contributed by atoms with Gasteiger partial charge in [-0.2, -0.15) is 0 Å². The van der Waals surface area contributed by atoms with E-state index in [0.717, 1.165) is 19.6 Å². The Labute approximate surface area is 105 Å². The first-order valence-electron chi connectivity index (χ1n) is 6.55. The fourth-order valence-electron chi connectivity index (χ4n) is 2.11. The molecule has 4 N–H and O–H groups in total. The highest BCUT2D eigenvalue weighted by Crippen LogP contribution is 2.13. The minimum Gasteiger partial charge on any atom is -0.355 e. The van der Waals surface area contributed by atoms with Gasteiger partial charge in [-0.25, -0.2) is 5.84 Å². The number of hydrogen-bond donors (Lipinski definition) is 3. The maximum Gasteiger partial charge on any atom is 0.205 e. The number of piperidine rings is 1. The first-order chi connectivity index (χ1) is 8.11. The van der Waals surface area contributed by atoms with Gasteiger partial charge in [0.05, 0.1) is 0 Å². The Hall–Kier alpha value is -0.810. The van der Waals surface area contributed by atoms with Gasteiger partial charge in [-0.3, -0.25) is 10.4 Å². The summed E-state index contributed by atoms with van der Waals surface area (Å²) in [4.78, 5) is 6.79. The molecule has 17 heavy (non-hydrogen) atoms. The van der Waals surface area contributed by atoms with Crippen LogP contribution < -0.4 is 16.6 Å². The lowest BCUT2D eigenvalue weighted by molar-refractivity contribution is 0.210. The Morgan fingerprint density at radius 2 is 2.29 bits per heavy atom. The summed E-state index contributed by atoms with van der Waals surface area (Å²) in [7, 11) is 2.18. The van der Waals surface area contributed by atoms with E-state index in [-0.39, 0.29) is 0 Å². The van der Waals surface area contributed by atoms with Gasteiger partial charge in [-0.1, -0.05) is 13.8 Å². The smallest absolute Gasteiger partial charge is 0.205 e. The number of rotatable bonds is 4. The number of guanidine groups is 1. The maximum atomic E-state index is 5.45. The topological polar surface area (TPSA) is 65.7 Å². The number of likely N-dealkylation sites (tertiary alicyclic amines) is 1. The van der Waals surface area contributed by atoms with Crippen molar-refractivity contribution < 1.29 is 0 Å². The molecule has 1 fully saturated rings. The molecule has 1 rings (SSSR count). The van der Waals surface area contributed by atoms with Gasteiger partial charge in [0.15, 0.2) is 0 Å². The van der Waals surface area contributed by atoms with Crippen LogP contribution in [0.5, 0.6) is 0 Å². The molecule has 0 aromatic rings. The summed E-state index contributed by atoms with van der Waals surface area (Å²) in [6.07, 6.45) is 2.58. The summed E-state index contributed by atoms with van der Waals surface area (Å²) in [6.45, 7) is 8.43. The van der Waals surface area contributed by atoms with Crippen LogP contribution in [-0.2, 0) is 0 Å². The summed E-state index contributed by atoms with van der Waals surface area (Å²) in [5, 5.41) is 3.30. The largest absolute Gasteiger partial charge is 0.355 e. The van der Waals surface area contributed by atoms with Crippen LogP contribution >= 0.6 is 0 Å². The van der Waals surface area contributed by atoms with Gasteiger partial charge < -0.3 is 10.2 Å². The molecule has 0 amide bonds. The van der Waals surface area contributed by atoms with E-state index in [9.17, 15) is 0 Å². The van der Waals surface area contributed by atoms with Gasteiger partial charge in [0, 0.05) is 19.6 Å². The number of nitrogens with zero attached hydrogens (tertiary/aromatic N) is 2. The lowest BCUT2D eigenvalue weighted by Gasteiger charge is -2.30. The minimum atomic E-state index is 0.556. The van der Waals surface area contributed by atoms with Crippen molar-refractivity contribution in [1.82, 2.24) is 15.6 Å². The van der Waals surface area contributed by atoms with Gasteiger partial charge in [0.25, 0.3) is 0 Å². The van der Waals surface area contributed by atoms with Crippen LogP contribution in [0.2, 0.25) is 0 Å². The Morgan fingerprint density at radius 3 is 2.88 bits per heavy atom. The predicted molar refractivity (Wildman–Crippen MR) is 72.7 cm³/mol. The molecule has 1 saturated heterocycles. The van der Waals surface area contributed by atoms with Crippen LogP contribution in [0.3, 0.4) is 0 Å². The molecule has 1 unspecified atom stereocenters. The predicted octanol–water partition coefficient (Wildman–Crippen LogP) is 0.393. The zero-order chi connectivity index (χ0) is 12.7. The van der Waals surface area contributed by atoms with Crippen LogP contribution in [-0.4, -0.2) is 44.1 Å². The van der Waals surface area contributed by atoms with Gasteiger partial charge >= 0.3 is 0 Å². The molecule has 1 aliphatic rings. The molecule has 0 aromatic heterocycles. The van der Waals surface area contributed by atoms with E-state index in [1.807, 2.05) is 0 Å². The van der Waals surface area contributed by atoms with E-state index in [4.69, 9.17) is 5.84 Å². The Balaban J connectivity index is 2.29. The number of hydrogen-bond acceptors (Lipinski definition) is 3. The Kier molecular flexibility index (Phi) is 6.29. The molecule has 0 aliphatic carbocycles. The van der Waals surface area contributed by atoms with E-state index < -0.39 is 0 Å². The van der Waals surface area contributed by atoms with Crippen molar-refractivity contribution in [1.29, 1.82) is 0 Å². The average Bonchev–Trinajstić information content (AvgIpc) is 2.29. The molecule has 1 atom stereocenters. The number of nitrogens with one attached hydrogen (secondary N) is 2. The normalized spacial score (nSPS) is 22.9. The van der Waals surface area contributed by atoms with Crippen molar-refractivity contribution >= 4 is 5.96 Å². The number of hydrazine groups is 1. The minimum absolute atomic E-state index is 0.556. The van der Waals surface area contributed by atoms with Gasteiger partial charge in [0.2, 0.25) is 5.96 Å². The standard InChI is InChI=1S/C12H27N5/c1-10(2)7-14-12(16-13)15-8-11-5-4-6-17(3)9-11/h10-11H,4-9,13H2,1-3H3,(H2,14,15,16). The quantitative estimate of drug-likeness (QED) is 0.288. The van der Waals surface area contributed by atoms with Crippen LogP contribution in [0.25, 0.3) is 0 Å². The summed E-state index contributed by atoms with van der Waals surface area (Å²) in [5.41, 5.74) is 2.63. The van der Waals surface area contributed by atoms with E-state index in [2.05, 4.69) is 41.5 Å². The van der Waals surface area contributed by atoms with Crippen LogP contribution in [0.4, 0.5) is 0 Å². The molecule has 0 saturated carbocycles. The van der Waals surface area contributed by atoms with Crippen molar-refractivity contribution in [2.75, 3.05) is 33.2 Å². The molecule has 5 nitrogen and oxygen atoms in total. The Morgan fingerprint density at radius 1 is 1.53 bits per heavy atom. The molecular weight excluding hydrogens is 214 g/mol. The van der Waals surface area contributed by atoms with Crippen molar-refractivity contribution in [2.45, 2.75) is 26.7 Å². The summed E-state index contributed by atoms with van der Waals surface area (Å²) >= 11 is 0. The summed E-state index contributed by atoms with van der Waals surface area (Å²) in [6, 6.07) is 0. The van der Waals surface area contributed by atoms with E-state index in [0.29, 0.717) is 17.8 Å². The van der Waals surface area contributed by atoms with Crippen LogP contribution in [0.1, 0.15) is 26.7 Å². The second-order valence-electron chi connectivity index (χ2n) is 5.38. The fourth-order valence-corrected chi connectivity index (χ4v) is 2.11. The molecular formula is C12H27N5. The lowest BCUT2D eigenvalue weighted by atomic mass is 9.99. The maximum absolute atomic E-state index is 5.45. The zero-order valence-electron chi connectivity index (χ0n) is 11.4. The molecule has 0 radical (unpaired) electrons. The highest BCUT2D eigenvalue weighted by atomic mass is 15.3. The van der Waals surface area contributed by atoms with Crippen molar-refractivity contribution in [2.24, 2.45) is 22.7 Å². The third-order valence-electron chi connectivity index (χ3n) is 3.03. The first-order valence-corrected chi connectivity index (χ1v) is 6.55. The third kappa shape index (κ3) is 5.89. The monoisotopic (exact) mass is 241 g/mol. The average molecular weight is 241 g/mol. The fraction of sp³-hybridized carbons (Fsp3) is 0.917. The molecule has 1 aliphatic heterocycles. The van der Waals surface area contributed by atoms with Crippen LogP contribution in [0.15, 0.2) is 4.99 Å². The van der Waals surface area contributed by atoms with Gasteiger partial charge in [0.1, 0.15) is 0 Å². The van der Waals surface area contributed by atoms with Gasteiger partial charge in [-0.05, 0) is 38.3 Å². The number of nitrogens with two attached hydrogens (primary N) is 1. The van der Waals surface area contributed by atoms with Gasteiger partial charge in [-0.15, -0.1) is 0 Å².